The van der Waals surface area contributed by atoms with Gasteiger partial charge in [-0.3, -0.25) is 14.6 Å². The van der Waals surface area contributed by atoms with Gasteiger partial charge < -0.3 is 19.7 Å². The predicted octanol–water partition coefficient (Wildman–Crippen LogP) is 0.983. The lowest BCUT2D eigenvalue weighted by Gasteiger charge is -2.36. The second-order valence-corrected chi connectivity index (χ2v) is 7.32. The lowest BCUT2D eigenvalue weighted by atomic mass is 10.1. The average molecular weight is 413 g/mol. The molecule has 0 bridgehead atoms. The number of rotatable bonds is 6. The summed E-state index contributed by atoms with van der Waals surface area (Å²) in [6.07, 6.45) is 0. The largest absolute Gasteiger partial charge is 0.493 e. The highest BCUT2D eigenvalue weighted by molar-refractivity contribution is 5.85. The van der Waals surface area contributed by atoms with Gasteiger partial charge in [-0.25, -0.2) is 0 Å². The number of halogens is 1. The number of hydrogen-bond donors (Lipinski definition) is 1. The number of benzene rings is 1. The molecule has 0 unspecified atom stereocenters. The smallest absolute Gasteiger partial charge is 0.236 e. The first-order chi connectivity index (χ1) is 13.1. The number of carbonyl (C=O) groups is 1. The van der Waals surface area contributed by atoms with Crippen LogP contribution in [-0.4, -0.2) is 93.7 Å². The highest BCUT2D eigenvalue weighted by atomic mass is 35.5. The van der Waals surface area contributed by atoms with Crippen LogP contribution in [0.25, 0.3) is 0 Å². The van der Waals surface area contributed by atoms with Crippen molar-refractivity contribution in [3.8, 4) is 11.5 Å². The molecule has 1 N–H and O–H groups in total. The van der Waals surface area contributed by atoms with E-state index in [4.69, 9.17) is 9.47 Å². The lowest BCUT2D eigenvalue weighted by molar-refractivity contribution is -0.134. The first kappa shape index (κ1) is 22.7. The first-order valence-corrected chi connectivity index (χ1v) is 9.75. The van der Waals surface area contributed by atoms with Crippen molar-refractivity contribution >= 4 is 18.3 Å². The van der Waals surface area contributed by atoms with Gasteiger partial charge in [0, 0.05) is 58.9 Å². The number of ether oxygens (including phenoxy) is 2. The summed E-state index contributed by atoms with van der Waals surface area (Å²) in [4.78, 5) is 19.2. The van der Waals surface area contributed by atoms with Crippen LogP contribution in [0.2, 0.25) is 0 Å². The van der Waals surface area contributed by atoms with Crippen molar-refractivity contribution in [2.45, 2.75) is 13.5 Å². The molecule has 0 radical (unpaired) electrons. The summed E-state index contributed by atoms with van der Waals surface area (Å²) < 4.78 is 10.8. The second kappa shape index (κ2) is 10.9. The molecule has 1 aromatic carbocycles. The molecule has 158 valence electrons. The zero-order chi connectivity index (χ0) is 19.2. The average Bonchev–Trinajstić information content (AvgIpc) is 2.70. The molecule has 2 aliphatic heterocycles. The Morgan fingerprint density at radius 2 is 1.57 bits per heavy atom. The maximum atomic E-state index is 12.6. The fourth-order valence-electron chi connectivity index (χ4n) is 3.75. The lowest BCUT2D eigenvalue weighted by Crippen LogP contribution is -2.53. The van der Waals surface area contributed by atoms with Crippen LogP contribution >= 0.6 is 12.4 Å². The van der Waals surface area contributed by atoms with Gasteiger partial charge in [0.05, 0.1) is 20.8 Å². The summed E-state index contributed by atoms with van der Waals surface area (Å²) in [5, 5.41) is 3.33. The summed E-state index contributed by atoms with van der Waals surface area (Å²) in [6, 6.07) is 4.09. The number of hydrogen-bond acceptors (Lipinski definition) is 6. The van der Waals surface area contributed by atoms with E-state index in [1.807, 2.05) is 11.0 Å². The van der Waals surface area contributed by atoms with E-state index < -0.39 is 0 Å². The molecule has 0 atom stereocenters. The molecule has 2 saturated heterocycles. The predicted molar refractivity (Wildman–Crippen MR) is 113 cm³/mol. The van der Waals surface area contributed by atoms with E-state index in [-0.39, 0.29) is 18.3 Å². The molecule has 0 saturated carbocycles. The molecular formula is C20H33ClN4O3. The van der Waals surface area contributed by atoms with E-state index in [1.165, 1.54) is 11.1 Å². The van der Waals surface area contributed by atoms with Gasteiger partial charge in [-0.1, -0.05) is 0 Å². The molecule has 2 aliphatic rings. The Morgan fingerprint density at radius 1 is 0.964 bits per heavy atom. The number of carbonyl (C=O) groups excluding carboxylic acids is 1. The molecule has 0 aliphatic carbocycles. The SMILES string of the molecule is COc1cc(C)c(CN2CCN(C(=O)CN3CCNCC3)CC2)cc1OC.Cl. The van der Waals surface area contributed by atoms with Crippen molar-refractivity contribution in [3.05, 3.63) is 23.3 Å². The third-order valence-electron chi connectivity index (χ3n) is 5.53. The van der Waals surface area contributed by atoms with Gasteiger partial charge in [0.15, 0.2) is 11.5 Å². The van der Waals surface area contributed by atoms with Gasteiger partial charge in [0.2, 0.25) is 5.91 Å². The summed E-state index contributed by atoms with van der Waals surface area (Å²) >= 11 is 0. The highest BCUT2D eigenvalue weighted by Crippen LogP contribution is 2.30. The fraction of sp³-hybridized carbons (Fsp3) is 0.650. The van der Waals surface area contributed by atoms with Crippen molar-refractivity contribution in [2.24, 2.45) is 0 Å². The molecule has 7 nitrogen and oxygen atoms in total. The fourth-order valence-corrected chi connectivity index (χ4v) is 3.75. The molecule has 2 fully saturated rings. The molecular weight excluding hydrogens is 380 g/mol. The molecule has 1 aromatic rings. The normalized spacial score (nSPS) is 18.5. The van der Waals surface area contributed by atoms with Crippen molar-refractivity contribution in [1.82, 2.24) is 20.0 Å². The van der Waals surface area contributed by atoms with E-state index in [9.17, 15) is 4.79 Å². The van der Waals surface area contributed by atoms with Gasteiger partial charge >= 0.3 is 0 Å². The van der Waals surface area contributed by atoms with Gasteiger partial charge in [0.25, 0.3) is 0 Å². The van der Waals surface area contributed by atoms with E-state index in [2.05, 4.69) is 28.1 Å². The number of methoxy groups -OCH3 is 2. The zero-order valence-electron chi connectivity index (χ0n) is 17.2. The first-order valence-electron chi connectivity index (χ1n) is 9.75. The van der Waals surface area contributed by atoms with Crippen LogP contribution < -0.4 is 14.8 Å². The molecule has 0 aromatic heterocycles. The monoisotopic (exact) mass is 412 g/mol. The van der Waals surface area contributed by atoms with Crippen molar-refractivity contribution < 1.29 is 14.3 Å². The molecule has 8 heteroatoms. The number of nitrogens with zero attached hydrogens (tertiary/aromatic N) is 3. The Bertz CT molecular complexity index is 645. The molecule has 28 heavy (non-hydrogen) atoms. The maximum Gasteiger partial charge on any atom is 0.236 e. The minimum absolute atomic E-state index is 0. The third-order valence-corrected chi connectivity index (χ3v) is 5.53. The Balaban J connectivity index is 0.00000280. The Kier molecular flexibility index (Phi) is 8.82. The second-order valence-electron chi connectivity index (χ2n) is 7.32. The van der Waals surface area contributed by atoms with Crippen LogP contribution in [0.3, 0.4) is 0 Å². The van der Waals surface area contributed by atoms with Crippen LogP contribution in [0.5, 0.6) is 11.5 Å². The number of piperazine rings is 2. The number of amides is 1. The van der Waals surface area contributed by atoms with Gasteiger partial charge in [0.1, 0.15) is 0 Å². The van der Waals surface area contributed by atoms with Crippen molar-refractivity contribution in [1.29, 1.82) is 0 Å². The summed E-state index contributed by atoms with van der Waals surface area (Å²) in [6.45, 7) is 10.8. The maximum absolute atomic E-state index is 12.6. The number of nitrogens with one attached hydrogen (secondary N) is 1. The van der Waals surface area contributed by atoms with Crippen LogP contribution in [0, 0.1) is 6.92 Å². The quantitative estimate of drug-likeness (QED) is 0.751. The molecule has 1 amide bonds. The summed E-state index contributed by atoms with van der Waals surface area (Å²) in [5.41, 5.74) is 2.44. The number of aryl methyl sites for hydroxylation is 1. The zero-order valence-corrected chi connectivity index (χ0v) is 18.0. The molecule has 3 rings (SSSR count). The minimum atomic E-state index is 0. The van der Waals surface area contributed by atoms with E-state index in [1.54, 1.807) is 14.2 Å². The Hall–Kier alpha value is -1.54. The van der Waals surface area contributed by atoms with Gasteiger partial charge in [-0.05, 0) is 30.2 Å². The Labute approximate surface area is 174 Å². The molecule has 2 heterocycles. The Morgan fingerprint density at radius 3 is 2.18 bits per heavy atom. The van der Waals surface area contributed by atoms with E-state index >= 15 is 0 Å². The molecule has 0 spiro atoms. The van der Waals surface area contributed by atoms with E-state index in [0.717, 1.165) is 70.4 Å². The van der Waals surface area contributed by atoms with Crippen molar-refractivity contribution in [2.75, 3.05) is 73.1 Å². The minimum Gasteiger partial charge on any atom is -0.493 e. The van der Waals surface area contributed by atoms with E-state index in [0.29, 0.717) is 6.54 Å². The summed E-state index contributed by atoms with van der Waals surface area (Å²) in [7, 11) is 3.33. The van der Waals surface area contributed by atoms with Crippen LogP contribution in [0.15, 0.2) is 12.1 Å². The van der Waals surface area contributed by atoms with Crippen LogP contribution in [-0.2, 0) is 11.3 Å². The summed E-state index contributed by atoms with van der Waals surface area (Å²) in [5.74, 6) is 1.80. The van der Waals surface area contributed by atoms with Crippen LogP contribution in [0.4, 0.5) is 0 Å². The third kappa shape index (κ3) is 5.73. The van der Waals surface area contributed by atoms with Gasteiger partial charge in [-0.2, -0.15) is 0 Å². The standard InChI is InChI=1S/C20H32N4O3.ClH/c1-16-12-18(26-2)19(27-3)13-17(16)14-23-8-10-24(11-9-23)20(25)15-22-6-4-21-5-7-22;/h12-13,21H,4-11,14-15H2,1-3H3;1H. The highest BCUT2D eigenvalue weighted by Gasteiger charge is 2.24. The van der Waals surface area contributed by atoms with Crippen LogP contribution in [0.1, 0.15) is 11.1 Å². The van der Waals surface area contributed by atoms with Crippen molar-refractivity contribution in [3.63, 3.8) is 0 Å². The van der Waals surface area contributed by atoms with Gasteiger partial charge in [-0.15, -0.1) is 12.4 Å². The topological polar surface area (TPSA) is 57.3 Å².